The lowest BCUT2D eigenvalue weighted by molar-refractivity contribution is 0.624. The van der Waals surface area contributed by atoms with Crippen molar-refractivity contribution in [1.29, 1.82) is 0 Å². The lowest BCUT2D eigenvalue weighted by atomic mass is 10.0. The van der Waals surface area contributed by atoms with E-state index in [2.05, 4.69) is 47.2 Å². The Kier molecular flexibility index (Phi) is 5.99. The van der Waals surface area contributed by atoms with Crippen LogP contribution in [0.5, 0.6) is 0 Å². The number of allylic oxidation sites excluding steroid dienone is 5. The van der Waals surface area contributed by atoms with Gasteiger partial charge in [0.1, 0.15) is 5.82 Å². The topological polar surface area (TPSA) is 34.2 Å². The molecule has 2 N–H and O–H groups in total. The molecule has 0 saturated heterocycles. The maximum absolute atomic E-state index is 13.4. The smallest absolute Gasteiger partial charge is 0.123 e. The number of nitrogens with two attached hydrogens (primary N) is 1. The van der Waals surface area contributed by atoms with Gasteiger partial charge in [-0.2, -0.15) is 0 Å². The molecule has 0 saturated carbocycles. The first-order valence-electron chi connectivity index (χ1n) is 10.8. The van der Waals surface area contributed by atoms with Crippen LogP contribution >= 0.6 is 0 Å². The van der Waals surface area contributed by atoms with Gasteiger partial charge in [0, 0.05) is 59.6 Å². The van der Waals surface area contributed by atoms with Crippen molar-refractivity contribution in [1.82, 2.24) is 4.57 Å². The minimum atomic E-state index is -0.195. The molecule has 1 aromatic heterocycles. The lowest BCUT2D eigenvalue weighted by Gasteiger charge is -2.30. The number of hydrogen-bond acceptors (Lipinski definition) is 2. The Balaban J connectivity index is 1.69. The monoisotopic (exact) mass is 415 g/mol. The lowest BCUT2D eigenvalue weighted by Crippen LogP contribution is -2.31. The van der Waals surface area contributed by atoms with Gasteiger partial charge < -0.3 is 15.2 Å². The average Bonchev–Trinajstić information content (AvgIpc) is 3.06. The summed E-state index contributed by atoms with van der Waals surface area (Å²) in [5.74, 6) is -0.195. The fraction of sp³-hybridized carbons (Fsp3) is 0.259. The van der Waals surface area contributed by atoms with Crippen LogP contribution < -0.4 is 10.6 Å². The largest absolute Gasteiger partial charge is 0.402 e. The standard InChI is InChI=1S/C27H30FN3/c1-4-21(7-6-20(3)29)13-16-31-26-12-5-19(2)17-24(26)25-18-30(15-14-27(25)31)23-10-8-22(28)9-11-23/h4-12,17H,1,13-16,18,29H2,2-3H3/b20-6-,21-7+. The molecule has 2 aromatic carbocycles. The van der Waals surface area contributed by atoms with E-state index in [1.807, 2.05) is 31.2 Å². The van der Waals surface area contributed by atoms with Crippen molar-refractivity contribution >= 4 is 16.6 Å². The zero-order chi connectivity index (χ0) is 22.0. The second-order valence-corrected chi connectivity index (χ2v) is 8.35. The summed E-state index contributed by atoms with van der Waals surface area (Å²) in [7, 11) is 0. The molecule has 0 fully saturated rings. The normalized spacial score (nSPS) is 14.7. The van der Waals surface area contributed by atoms with Crippen LogP contribution in [0.25, 0.3) is 10.9 Å². The SMILES string of the molecule is C=C/C(=C\C=C(\C)N)CCn1c2c(c3cc(C)ccc31)CN(c1ccc(F)cc1)CC2. The molecule has 1 aliphatic heterocycles. The van der Waals surface area contributed by atoms with E-state index in [9.17, 15) is 4.39 Å². The summed E-state index contributed by atoms with van der Waals surface area (Å²) < 4.78 is 15.9. The summed E-state index contributed by atoms with van der Waals surface area (Å²) in [4.78, 5) is 2.35. The van der Waals surface area contributed by atoms with Crippen molar-refractivity contribution in [3.8, 4) is 0 Å². The van der Waals surface area contributed by atoms with Crippen LogP contribution in [0.1, 0.15) is 30.2 Å². The molecule has 31 heavy (non-hydrogen) atoms. The van der Waals surface area contributed by atoms with Crippen LogP contribution in [0, 0.1) is 12.7 Å². The maximum atomic E-state index is 13.4. The molecule has 3 aromatic rings. The highest BCUT2D eigenvalue weighted by atomic mass is 19.1. The molecule has 160 valence electrons. The third-order valence-corrected chi connectivity index (χ3v) is 6.05. The first-order chi connectivity index (χ1) is 15.0. The quantitative estimate of drug-likeness (QED) is 0.500. The Labute approximate surface area is 184 Å². The molecular weight excluding hydrogens is 385 g/mol. The third-order valence-electron chi connectivity index (χ3n) is 6.05. The van der Waals surface area contributed by atoms with E-state index in [1.165, 1.54) is 33.3 Å². The predicted molar refractivity (Wildman–Crippen MR) is 129 cm³/mol. The van der Waals surface area contributed by atoms with Crippen LogP contribution in [-0.2, 0) is 19.5 Å². The van der Waals surface area contributed by atoms with Crippen molar-refractivity contribution in [2.75, 3.05) is 11.4 Å². The van der Waals surface area contributed by atoms with Crippen molar-refractivity contribution in [3.63, 3.8) is 0 Å². The van der Waals surface area contributed by atoms with Crippen molar-refractivity contribution in [2.45, 2.75) is 39.8 Å². The number of aryl methyl sites for hydroxylation is 2. The van der Waals surface area contributed by atoms with E-state index in [4.69, 9.17) is 5.73 Å². The summed E-state index contributed by atoms with van der Waals surface area (Å²) >= 11 is 0. The van der Waals surface area contributed by atoms with Gasteiger partial charge in [0.25, 0.3) is 0 Å². The zero-order valence-electron chi connectivity index (χ0n) is 18.4. The van der Waals surface area contributed by atoms with E-state index in [-0.39, 0.29) is 5.82 Å². The number of hydrogen-bond donors (Lipinski definition) is 1. The molecule has 0 radical (unpaired) electrons. The van der Waals surface area contributed by atoms with Gasteiger partial charge >= 0.3 is 0 Å². The summed E-state index contributed by atoms with van der Waals surface area (Å²) in [6, 6.07) is 13.6. The minimum absolute atomic E-state index is 0.195. The molecule has 4 rings (SSSR count). The molecule has 0 spiro atoms. The van der Waals surface area contributed by atoms with Crippen LogP contribution in [-0.4, -0.2) is 11.1 Å². The predicted octanol–water partition coefficient (Wildman–Crippen LogP) is 6.02. The Morgan fingerprint density at radius 1 is 1.16 bits per heavy atom. The molecule has 0 aliphatic carbocycles. The molecule has 0 bridgehead atoms. The molecule has 0 atom stereocenters. The fourth-order valence-corrected chi connectivity index (χ4v) is 4.42. The van der Waals surface area contributed by atoms with Crippen molar-refractivity contribution in [3.05, 3.63) is 101 Å². The first kappa shape index (κ1) is 21.0. The summed E-state index contributed by atoms with van der Waals surface area (Å²) in [6.07, 6.45) is 7.78. The van der Waals surface area contributed by atoms with Gasteiger partial charge in [-0.25, -0.2) is 4.39 Å². The number of aromatic nitrogens is 1. The molecule has 3 nitrogen and oxygen atoms in total. The fourth-order valence-electron chi connectivity index (χ4n) is 4.42. The summed E-state index contributed by atoms with van der Waals surface area (Å²) in [6.45, 7) is 10.7. The first-order valence-corrected chi connectivity index (χ1v) is 10.8. The van der Waals surface area contributed by atoms with Gasteiger partial charge in [-0.05, 0) is 68.3 Å². The Hall–Kier alpha value is -3.27. The Morgan fingerprint density at radius 2 is 1.94 bits per heavy atom. The molecule has 0 unspecified atom stereocenters. The van der Waals surface area contributed by atoms with Gasteiger partial charge in [-0.1, -0.05) is 30.4 Å². The van der Waals surface area contributed by atoms with Crippen LogP contribution in [0.15, 0.2) is 78.5 Å². The highest BCUT2D eigenvalue weighted by Crippen LogP contribution is 2.34. The molecule has 2 heterocycles. The zero-order valence-corrected chi connectivity index (χ0v) is 18.4. The van der Waals surface area contributed by atoms with Gasteiger partial charge in [0.15, 0.2) is 0 Å². The summed E-state index contributed by atoms with van der Waals surface area (Å²) in [5, 5.41) is 1.32. The van der Waals surface area contributed by atoms with Crippen LogP contribution in [0.2, 0.25) is 0 Å². The summed E-state index contributed by atoms with van der Waals surface area (Å²) in [5.41, 5.74) is 14.2. The van der Waals surface area contributed by atoms with Gasteiger partial charge in [-0.3, -0.25) is 0 Å². The highest BCUT2D eigenvalue weighted by molar-refractivity contribution is 5.87. The second-order valence-electron chi connectivity index (χ2n) is 8.35. The van der Waals surface area contributed by atoms with Gasteiger partial charge in [0.05, 0.1) is 0 Å². The molecule has 1 aliphatic rings. The number of rotatable bonds is 6. The molecular formula is C27H30FN3. The Bertz CT molecular complexity index is 1160. The minimum Gasteiger partial charge on any atom is -0.402 e. The highest BCUT2D eigenvalue weighted by Gasteiger charge is 2.24. The number of halogens is 1. The van der Waals surface area contributed by atoms with E-state index in [0.29, 0.717) is 0 Å². The average molecular weight is 416 g/mol. The maximum Gasteiger partial charge on any atom is 0.123 e. The second kappa shape index (κ2) is 8.84. The van der Waals surface area contributed by atoms with E-state index in [0.717, 1.165) is 43.9 Å². The van der Waals surface area contributed by atoms with Crippen molar-refractivity contribution in [2.24, 2.45) is 5.73 Å². The number of nitrogens with zero attached hydrogens (tertiary/aromatic N) is 2. The molecule has 4 heteroatoms. The van der Waals surface area contributed by atoms with Gasteiger partial charge in [0.2, 0.25) is 0 Å². The van der Waals surface area contributed by atoms with E-state index >= 15 is 0 Å². The van der Waals surface area contributed by atoms with Crippen LogP contribution in [0.3, 0.4) is 0 Å². The third kappa shape index (κ3) is 4.43. The van der Waals surface area contributed by atoms with Crippen molar-refractivity contribution < 1.29 is 4.39 Å². The van der Waals surface area contributed by atoms with E-state index in [1.54, 1.807) is 12.1 Å². The molecule has 0 amide bonds. The van der Waals surface area contributed by atoms with Crippen LogP contribution in [0.4, 0.5) is 10.1 Å². The number of fused-ring (bicyclic) bond motifs is 3. The number of anilines is 1. The van der Waals surface area contributed by atoms with E-state index < -0.39 is 0 Å². The van der Waals surface area contributed by atoms with Gasteiger partial charge in [-0.15, -0.1) is 0 Å². The number of benzene rings is 2. The Morgan fingerprint density at radius 3 is 2.65 bits per heavy atom.